The topological polar surface area (TPSA) is 94.4 Å². The summed E-state index contributed by atoms with van der Waals surface area (Å²) in [6.07, 6.45) is 3.37. The number of aliphatic hydroxyl groups excluding tert-OH is 1. The van der Waals surface area contributed by atoms with Gasteiger partial charge in [-0.2, -0.15) is 5.26 Å². The molecule has 1 aromatic carbocycles. The SMILES string of the molecule is N#CC1(CCCNc2cccc(C(=O)NCCO)c2)CCOCC1. The Morgan fingerprint density at radius 1 is 1.33 bits per heavy atom. The molecule has 0 radical (unpaired) electrons. The Hall–Kier alpha value is -2.10. The molecule has 1 aliphatic rings. The Balaban J connectivity index is 1.80. The van der Waals surface area contributed by atoms with Gasteiger partial charge in [0.15, 0.2) is 0 Å². The summed E-state index contributed by atoms with van der Waals surface area (Å²) >= 11 is 0. The van der Waals surface area contributed by atoms with E-state index in [1.165, 1.54) is 0 Å². The highest BCUT2D eigenvalue weighted by Gasteiger charge is 2.31. The molecule has 1 aromatic rings. The van der Waals surface area contributed by atoms with Gasteiger partial charge in [-0.05, 0) is 43.9 Å². The summed E-state index contributed by atoms with van der Waals surface area (Å²) in [5.74, 6) is -0.196. The summed E-state index contributed by atoms with van der Waals surface area (Å²) in [5, 5.41) is 24.1. The number of amides is 1. The highest BCUT2D eigenvalue weighted by Crippen LogP contribution is 2.34. The molecule has 0 spiro atoms. The molecule has 2 rings (SSSR count). The Kier molecular flexibility index (Phi) is 7.04. The summed E-state index contributed by atoms with van der Waals surface area (Å²) in [5.41, 5.74) is 1.20. The van der Waals surface area contributed by atoms with Crippen LogP contribution < -0.4 is 10.6 Å². The summed E-state index contributed by atoms with van der Waals surface area (Å²) in [6.45, 7) is 2.27. The highest BCUT2D eigenvalue weighted by molar-refractivity contribution is 5.95. The lowest BCUT2D eigenvalue weighted by atomic mass is 9.78. The molecule has 0 atom stereocenters. The Morgan fingerprint density at radius 3 is 2.83 bits per heavy atom. The van der Waals surface area contributed by atoms with Gasteiger partial charge in [-0.25, -0.2) is 0 Å². The van der Waals surface area contributed by atoms with Crippen LogP contribution in [0.3, 0.4) is 0 Å². The number of hydrogen-bond donors (Lipinski definition) is 3. The Bertz CT molecular complexity index is 577. The van der Waals surface area contributed by atoms with Gasteiger partial charge in [0.05, 0.1) is 18.1 Å². The van der Waals surface area contributed by atoms with Crippen LogP contribution in [0.5, 0.6) is 0 Å². The number of aliphatic hydroxyl groups is 1. The van der Waals surface area contributed by atoms with Gasteiger partial charge < -0.3 is 20.5 Å². The molecule has 6 heteroatoms. The molecule has 130 valence electrons. The fourth-order valence-electron chi connectivity index (χ4n) is 2.88. The summed E-state index contributed by atoms with van der Waals surface area (Å²) < 4.78 is 5.35. The number of nitrogens with zero attached hydrogens (tertiary/aromatic N) is 1. The molecule has 0 aliphatic carbocycles. The number of benzene rings is 1. The van der Waals surface area contributed by atoms with Crippen molar-refractivity contribution in [3.63, 3.8) is 0 Å². The smallest absolute Gasteiger partial charge is 0.251 e. The molecule has 0 unspecified atom stereocenters. The lowest BCUT2D eigenvalue weighted by Gasteiger charge is -2.30. The van der Waals surface area contributed by atoms with Crippen LogP contribution in [0.4, 0.5) is 5.69 Å². The second-order valence-corrected chi connectivity index (χ2v) is 6.10. The molecular formula is C18H25N3O3. The molecule has 0 saturated carbocycles. The quantitative estimate of drug-likeness (QED) is 0.633. The van der Waals surface area contributed by atoms with Crippen molar-refractivity contribution in [1.29, 1.82) is 5.26 Å². The predicted molar refractivity (Wildman–Crippen MR) is 91.7 cm³/mol. The molecule has 1 amide bonds. The molecule has 1 saturated heterocycles. The second kappa shape index (κ2) is 9.26. The predicted octanol–water partition coefficient (Wildman–Crippen LogP) is 1.92. The minimum absolute atomic E-state index is 0.0740. The van der Waals surface area contributed by atoms with Crippen molar-refractivity contribution in [1.82, 2.24) is 5.32 Å². The van der Waals surface area contributed by atoms with E-state index in [-0.39, 0.29) is 24.5 Å². The third-order valence-corrected chi connectivity index (χ3v) is 4.37. The fraction of sp³-hybridized carbons (Fsp3) is 0.556. The van der Waals surface area contributed by atoms with Crippen molar-refractivity contribution < 1.29 is 14.6 Å². The molecule has 0 bridgehead atoms. The maximum atomic E-state index is 11.9. The number of rotatable bonds is 8. The molecule has 1 fully saturated rings. The van der Waals surface area contributed by atoms with Crippen molar-refractivity contribution in [3.05, 3.63) is 29.8 Å². The zero-order valence-corrected chi connectivity index (χ0v) is 13.9. The fourth-order valence-corrected chi connectivity index (χ4v) is 2.88. The molecule has 24 heavy (non-hydrogen) atoms. The summed E-state index contributed by atoms with van der Waals surface area (Å²) in [4.78, 5) is 11.9. The van der Waals surface area contributed by atoms with E-state index in [1.807, 2.05) is 12.1 Å². The minimum Gasteiger partial charge on any atom is -0.395 e. The lowest BCUT2D eigenvalue weighted by molar-refractivity contribution is 0.0365. The normalized spacial score (nSPS) is 16.2. The molecule has 1 heterocycles. The summed E-state index contributed by atoms with van der Waals surface area (Å²) in [6, 6.07) is 9.75. The van der Waals surface area contributed by atoms with E-state index >= 15 is 0 Å². The summed E-state index contributed by atoms with van der Waals surface area (Å²) in [7, 11) is 0. The van der Waals surface area contributed by atoms with Crippen LogP contribution in [0, 0.1) is 16.7 Å². The van der Waals surface area contributed by atoms with Gasteiger partial charge in [0.2, 0.25) is 0 Å². The number of carbonyl (C=O) groups excluding carboxylic acids is 1. The van der Waals surface area contributed by atoms with Gasteiger partial charge in [0.25, 0.3) is 5.91 Å². The zero-order valence-electron chi connectivity index (χ0n) is 13.9. The van der Waals surface area contributed by atoms with Crippen molar-refractivity contribution in [2.24, 2.45) is 5.41 Å². The average molecular weight is 331 g/mol. The third kappa shape index (κ3) is 5.22. The number of ether oxygens (including phenoxy) is 1. The average Bonchev–Trinajstić information content (AvgIpc) is 2.64. The van der Waals surface area contributed by atoms with Gasteiger partial charge >= 0.3 is 0 Å². The third-order valence-electron chi connectivity index (χ3n) is 4.37. The first-order valence-corrected chi connectivity index (χ1v) is 8.41. The van der Waals surface area contributed by atoms with Crippen LogP contribution in [0.2, 0.25) is 0 Å². The van der Waals surface area contributed by atoms with E-state index in [0.29, 0.717) is 18.8 Å². The van der Waals surface area contributed by atoms with E-state index in [4.69, 9.17) is 9.84 Å². The number of nitriles is 1. The highest BCUT2D eigenvalue weighted by atomic mass is 16.5. The number of anilines is 1. The first-order valence-electron chi connectivity index (χ1n) is 8.41. The van der Waals surface area contributed by atoms with Gasteiger partial charge in [0, 0.05) is 37.6 Å². The zero-order chi connectivity index (χ0) is 17.3. The largest absolute Gasteiger partial charge is 0.395 e. The standard InChI is InChI=1S/C18H25N3O3/c19-14-18(6-11-24-12-7-18)5-2-8-20-16-4-1-3-15(13-16)17(23)21-9-10-22/h1,3-4,13,20,22H,2,5-12H2,(H,21,23). The molecule has 1 aliphatic heterocycles. The number of hydrogen-bond acceptors (Lipinski definition) is 5. The van der Waals surface area contributed by atoms with Crippen LogP contribution in [-0.4, -0.2) is 43.9 Å². The number of carbonyl (C=O) groups is 1. The lowest BCUT2D eigenvalue weighted by Crippen LogP contribution is -2.28. The van der Waals surface area contributed by atoms with Crippen molar-refractivity contribution in [3.8, 4) is 6.07 Å². The molecule has 6 nitrogen and oxygen atoms in total. The van der Waals surface area contributed by atoms with Crippen molar-refractivity contribution in [2.45, 2.75) is 25.7 Å². The first kappa shape index (κ1) is 18.2. The number of nitrogens with one attached hydrogen (secondary N) is 2. The van der Waals surface area contributed by atoms with E-state index < -0.39 is 0 Å². The second-order valence-electron chi connectivity index (χ2n) is 6.10. The van der Waals surface area contributed by atoms with Crippen molar-refractivity contribution in [2.75, 3.05) is 38.2 Å². The van der Waals surface area contributed by atoms with Gasteiger partial charge in [0.1, 0.15) is 0 Å². The van der Waals surface area contributed by atoms with Crippen LogP contribution in [0.1, 0.15) is 36.0 Å². The minimum atomic E-state index is -0.244. The van der Waals surface area contributed by atoms with Crippen LogP contribution in [0.25, 0.3) is 0 Å². The van der Waals surface area contributed by atoms with E-state index in [9.17, 15) is 10.1 Å². The molecular weight excluding hydrogens is 306 g/mol. The maximum Gasteiger partial charge on any atom is 0.251 e. The molecule has 0 aromatic heterocycles. The van der Waals surface area contributed by atoms with Crippen LogP contribution in [-0.2, 0) is 4.74 Å². The molecule has 3 N–H and O–H groups in total. The Labute approximate surface area is 142 Å². The van der Waals surface area contributed by atoms with E-state index in [1.54, 1.807) is 12.1 Å². The van der Waals surface area contributed by atoms with E-state index in [0.717, 1.165) is 37.9 Å². The van der Waals surface area contributed by atoms with Gasteiger partial charge in [-0.1, -0.05) is 6.07 Å². The monoisotopic (exact) mass is 331 g/mol. The Morgan fingerprint density at radius 2 is 2.12 bits per heavy atom. The van der Waals surface area contributed by atoms with Crippen LogP contribution >= 0.6 is 0 Å². The van der Waals surface area contributed by atoms with Gasteiger partial charge in [-0.3, -0.25) is 4.79 Å². The first-order chi connectivity index (χ1) is 11.7. The van der Waals surface area contributed by atoms with E-state index in [2.05, 4.69) is 16.7 Å². The van der Waals surface area contributed by atoms with Crippen molar-refractivity contribution >= 4 is 11.6 Å². The van der Waals surface area contributed by atoms with Crippen LogP contribution in [0.15, 0.2) is 24.3 Å². The maximum absolute atomic E-state index is 11.9. The van der Waals surface area contributed by atoms with Gasteiger partial charge in [-0.15, -0.1) is 0 Å².